The van der Waals surface area contributed by atoms with Crippen LogP contribution in [0.3, 0.4) is 0 Å². The van der Waals surface area contributed by atoms with Gasteiger partial charge in [-0.3, -0.25) is 18.9 Å². The summed E-state index contributed by atoms with van der Waals surface area (Å²) >= 11 is 1.34. The lowest BCUT2D eigenvalue weighted by molar-refractivity contribution is 0.410. The van der Waals surface area contributed by atoms with Crippen LogP contribution in [0.2, 0.25) is 0 Å². The van der Waals surface area contributed by atoms with Crippen LogP contribution < -0.4 is 11.2 Å². The average molecular weight is 257 g/mol. The van der Waals surface area contributed by atoms with Crippen LogP contribution in [0.5, 0.6) is 5.88 Å². The lowest BCUT2D eigenvalue weighted by Crippen LogP contribution is -2.39. The van der Waals surface area contributed by atoms with Gasteiger partial charge in [-0.25, -0.2) is 4.79 Å². The van der Waals surface area contributed by atoms with Crippen molar-refractivity contribution in [3.8, 4) is 5.88 Å². The van der Waals surface area contributed by atoms with Gasteiger partial charge in [0.25, 0.3) is 5.56 Å². The number of thioether (sulfide) groups is 1. The molecule has 1 aromatic heterocycles. The lowest BCUT2D eigenvalue weighted by Gasteiger charge is -2.10. The summed E-state index contributed by atoms with van der Waals surface area (Å²) in [7, 11) is 4.32. The molecule has 1 rings (SSSR count). The maximum absolute atomic E-state index is 11.9. The molecule has 0 amide bonds. The van der Waals surface area contributed by atoms with E-state index in [1.807, 2.05) is 6.92 Å². The van der Waals surface area contributed by atoms with Crippen molar-refractivity contribution in [2.24, 2.45) is 19.1 Å². The van der Waals surface area contributed by atoms with Crippen LogP contribution in [0.25, 0.3) is 0 Å². The molecule has 0 aliphatic heterocycles. The molecule has 0 spiro atoms. The first-order chi connectivity index (χ1) is 7.95. The molecule has 6 nitrogen and oxygen atoms in total. The first-order valence-corrected chi connectivity index (χ1v) is 6.03. The van der Waals surface area contributed by atoms with E-state index in [-0.39, 0.29) is 11.4 Å². The fraction of sp³-hybridized carbons (Fsp3) is 0.500. The van der Waals surface area contributed by atoms with Gasteiger partial charge in [-0.1, -0.05) is 6.92 Å². The van der Waals surface area contributed by atoms with Gasteiger partial charge in [-0.2, -0.15) is 0 Å². The van der Waals surface area contributed by atoms with E-state index in [2.05, 4.69) is 4.99 Å². The molecule has 0 fully saturated rings. The Hall–Kier alpha value is -1.50. The molecule has 0 saturated heterocycles. The van der Waals surface area contributed by atoms with Gasteiger partial charge >= 0.3 is 5.69 Å². The van der Waals surface area contributed by atoms with Gasteiger partial charge in [-0.05, 0) is 5.75 Å². The van der Waals surface area contributed by atoms with Gasteiger partial charge in [0.1, 0.15) is 10.6 Å². The average Bonchev–Trinajstić information content (AvgIpc) is 2.33. The number of aromatic nitrogens is 2. The van der Waals surface area contributed by atoms with Crippen molar-refractivity contribution in [2.45, 2.75) is 6.92 Å². The van der Waals surface area contributed by atoms with E-state index in [0.29, 0.717) is 5.04 Å². The molecule has 17 heavy (non-hydrogen) atoms. The van der Waals surface area contributed by atoms with Crippen molar-refractivity contribution in [3.05, 3.63) is 26.4 Å². The van der Waals surface area contributed by atoms with E-state index in [1.165, 1.54) is 25.9 Å². The largest absolute Gasteiger partial charge is 0.494 e. The Labute approximate surface area is 103 Å². The summed E-state index contributed by atoms with van der Waals surface area (Å²) in [6.45, 7) is 1.92. The Morgan fingerprint density at radius 3 is 2.41 bits per heavy atom. The molecular formula is C10H15N3O3S. The molecule has 1 aromatic rings. The number of aromatic hydroxyl groups is 1. The van der Waals surface area contributed by atoms with Crippen molar-refractivity contribution in [1.29, 1.82) is 0 Å². The quantitative estimate of drug-likeness (QED) is 0.594. The molecule has 0 aliphatic carbocycles. The van der Waals surface area contributed by atoms with E-state index >= 15 is 0 Å². The van der Waals surface area contributed by atoms with Crippen LogP contribution in [-0.4, -0.2) is 32.1 Å². The van der Waals surface area contributed by atoms with Gasteiger partial charge in [0.15, 0.2) is 0 Å². The fourth-order valence-electron chi connectivity index (χ4n) is 1.41. The van der Waals surface area contributed by atoms with Crippen molar-refractivity contribution >= 4 is 16.8 Å². The molecule has 1 heterocycles. The molecule has 0 radical (unpaired) electrons. The van der Waals surface area contributed by atoms with E-state index in [4.69, 9.17) is 0 Å². The van der Waals surface area contributed by atoms with E-state index in [1.54, 1.807) is 7.05 Å². The lowest BCUT2D eigenvalue weighted by atomic mass is 10.3. The summed E-state index contributed by atoms with van der Waals surface area (Å²) in [6.07, 6.45) is 0. The molecule has 0 aliphatic rings. The van der Waals surface area contributed by atoms with E-state index in [9.17, 15) is 14.7 Å². The van der Waals surface area contributed by atoms with Crippen molar-refractivity contribution < 1.29 is 5.11 Å². The predicted octanol–water partition coefficient (Wildman–Crippen LogP) is -0.0809. The van der Waals surface area contributed by atoms with E-state index < -0.39 is 11.2 Å². The first-order valence-electron chi connectivity index (χ1n) is 5.04. The summed E-state index contributed by atoms with van der Waals surface area (Å²) < 4.78 is 1.98. The monoisotopic (exact) mass is 257 g/mol. The van der Waals surface area contributed by atoms with Crippen LogP contribution in [0, 0.1) is 0 Å². The van der Waals surface area contributed by atoms with Crippen LogP contribution in [0.15, 0.2) is 14.6 Å². The van der Waals surface area contributed by atoms with E-state index in [0.717, 1.165) is 14.9 Å². The highest BCUT2D eigenvalue weighted by atomic mass is 32.2. The number of rotatable bonds is 2. The summed E-state index contributed by atoms with van der Waals surface area (Å²) in [5.74, 6) is 0.373. The molecule has 0 unspecified atom stereocenters. The normalized spacial score (nSPS) is 11.9. The SMILES string of the molecule is CCSC(=NC)c1c(O)n(C)c(=O)n(C)c1=O. The summed E-state index contributed by atoms with van der Waals surface area (Å²) in [5.41, 5.74) is -1.02. The molecular weight excluding hydrogens is 242 g/mol. The third-order valence-electron chi connectivity index (χ3n) is 2.33. The number of nitrogens with zero attached hydrogens (tertiary/aromatic N) is 3. The second kappa shape index (κ2) is 5.22. The van der Waals surface area contributed by atoms with Gasteiger partial charge < -0.3 is 5.11 Å². The Morgan fingerprint density at radius 2 is 1.94 bits per heavy atom. The van der Waals surface area contributed by atoms with Crippen LogP contribution in [-0.2, 0) is 14.1 Å². The minimum atomic E-state index is -0.562. The van der Waals surface area contributed by atoms with Gasteiger partial charge in [0.05, 0.1) is 0 Å². The summed E-state index contributed by atoms with van der Waals surface area (Å²) in [6, 6.07) is 0. The minimum Gasteiger partial charge on any atom is -0.494 e. The van der Waals surface area contributed by atoms with Crippen LogP contribution in [0.4, 0.5) is 0 Å². The van der Waals surface area contributed by atoms with Crippen LogP contribution >= 0.6 is 11.8 Å². The molecule has 7 heteroatoms. The highest BCUT2D eigenvalue weighted by molar-refractivity contribution is 8.14. The Morgan fingerprint density at radius 1 is 1.35 bits per heavy atom. The number of hydrogen-bond acceptors (Lipinski definition) is 5. The fourth-order valence-corrected chi connectivity index (χ4v) is 2.13. The Kier molecular flexibility index (Phi) is 4.17. The van der Waals surface area contributed by atoms with Gasteiger partial charge in [-0.15, -0.1) is 11.8 Å². The standard InChI is InChI=1S/C10H15N3O3S/c1-5-17-7(11-2)6-8(14)12(3)10(16)13(4)9(6)15/h14H,5H2,1-4H3. The smallest absolute Gasteiger partial charge is 0.333 e. The number of aliphatic imine (C=N–C) groups is 1. The Balaban J connectivity index is 3.66. The minimum absolute atomic E-state index is 0.0731. The molecule has 0 saturated carbocycles. The topological polar surface area (TPSA) is 76.6 Å². The predicted molar refractivity (Wildman–Crippen MR) is 69.2 cm³/mol. The molecule has 94 valence electrons. The maximum Gasteiger partial charge on any atom is 0.333 e. The second-order valence-corrected chi connectivity index (χ2v) is 4.62. The maximum atomic E-state index is 11.9. The summed E-state index contributed by atoms with van der Waals surface area (Å²) in [5, 5.41) is 10.3. The highest BCUT2D eigenvalue weighted by Gasteiger charge is 2.19. The van der Waals surface area contributed by atoms with Gasteiger partial charge in [0, 0.05) is 21.1 Å². The molecule has 0 atom stereocenters. The summed E-state index contributed by atoms with van der Waals surface area (Å²) in [4.78, 5) is 27.5. The van der Waals surface area contributed by atoms with Crippen molar-refractivity contribution in [3.63, 3.8) is 0 Å². The number of hydrogen-bond donors (Lipinski definition) is 1. The Bertz CT molecular complexity index is 571. The molecule has 1 N–H and O–H groups in total. The third-order valence-corrected chi connectivity index (χ3v) is 3.28. The second-order valence-electron chi connectivity index (χ2n) is 3.37. The zero-order chi connectivity index (χ0) is 13.2. The molecule has 0 bridgehead atoms. The van der Waals surface area contributed by atoms with Gasteiger partial charge in [0.2, 0.25) is 5.88 Å². The highest BCUT2D eigenvalue weighted by Crippen LogP contribution is 2.17. The van der Waals surface area contributed by atoms with Crippen LogP contribution in [0.1, 0.15) is 12.5 Å². The third kappa shape index (κ3) is 2.28. The van der Waals surface area contributed by atoms with Crippen molar-refractivity contribution in [2.75, 3.05) is 12.8 Å². The first kappa shape index (κ1) is 13.6. The molecule has 0 aromatic carbocycles. The zero-order valence-corrected chi connectivity index (χ0v) is 11.0. The zero-order valence-electron chi connectivity index (χ0n) is 10.2. The van der Waals surface area contributed by atoms with Crippen molar-refractivity contribution in [1.82, 2.24) is 9.13 Å².